The first kappa shape index (κ1) is 12.2. The van der Waals surface area contributed by atoms with Crippen LogP contribution in [0.2, 0.25) is 0 Å². The minimum atomic E-state index is 0.175. The second-order valence-electron chi connectivity index (χ2n) is 5.76. The fraction of sp³-hybridized carbons (Fsp3) is 0.263. The molecule has 2 aliphatic carbocycles. The van der Waals surface area contributed by atoms with Crippen LogP contribution < -0.4 is 0 Å². The summed E-state index contributed by atoms with van der Waals surface area (Å²) >= 11 is 0. The number of benzene rings is 1. The van der Waals surface area contributed by atoms with Gasteiger partial charge in [0.05, 0.1) is 0 Å². The van der Waals surface area contributed by atoms with Crippen molar-refractivity contribution in [1.82, 2.24) is 0 Å². The van der Waals surface area contributed by atoms with Crippen LogP contribution in [0.1, 0.15) is 30.4 Å². The van der Waals surface area contributed by atoms with Gasteiger partial charge < -0.3 is 0 Å². The molecule has 19 heavy (non-hydrogen) atoms. The first-order valence-corrected chi connectivity index (χ1v) is 6.99. The van der Waals surface area contributed by atoms with Gasteiger partial charge in [-0.3, -0.25) is 0 Å². The summed E-state index contributed by atoms with van der Waals surface area (Å²) in [7, 11) is 0. The monoisotopic (exact) mass is 248 g/mol. The van der Waals surface area contributed by atoms with E-state index in [-0.39, 0.29) is 5.41 Å². The van der Waals surface area contributed by atoms with Crippen molar-refractivity contribution in [1.29, 1.82) is 0 Å². The van der Waals surface area contributed by atoms with Crippen molar-refractivity contribution in [3.63, 3.8) is 0 Å². The molecular formula is C19H20. The van der Waals surface area contributed by atoms with E-state index in [1.807, 2.05) is 0 Å². The topological polar surface area (TPSA) is 0 Å². The number of hydrogen-bond acceptors (Lipinski definition) is 0. The van der Waals surface area contributed by atoms with Crippen molar-refractivity contribution >= 4 is 6.08 Å². The summed E-state index contributed by atoms with van der Waals surface area (Å²) in [5.41, 5.74) is 3.00. The van der Waals surface area contributed by atoms with Crippen LogP contribution in [0.15, 0.2) is 67.3 Å². The Morgan fingerprint density at radius 2 is 1.89 bits per heavy atom. The van der Waals surface area contributed by atoms with E-state index in [1.54, 1.807) is 0 Å². The van der Waals surface area contributed by atoms with E-state index >= 15 is 0 Å². The average molecular weight is 248 g/mol. The van der Waals surface area contributed by atoms with E-state index in [1.165, 1.54) is 11.1 Å². The summed E-state index contributed by atoms with van der Waals surface area (Å²) in [6.45, 7) is 6.36. The summed E-state index contributed by atoms with van der Waals surface area (Å²) in [4.78, 5) is 0. The summed E-state index contributed by atoms with van der Waals surface area (Å²) in [5.74, 6) is 0.963. The van der Waals surface area contributed by atoms with Gasteiger partial charge in [0.1, 0.15) is 0 Å². The summed E-state index contributed by atoms with van der Waals surface area (Å²) < 4.78 is 0. The fourth-order valence-corrected chi connectivity index (χ4v) is 3.48. The smallest absolute Gasteiger partial charge is 0.00926 e. The van der Waals surface area contributed by atoms with Crippen LogP contribution in [0.5, 0.6) is 0 Å². The molecule has 3 rings (SSSR count). The maximum atomic E-state index is 3.97. The molecule has 0 nitrogen and oxygen atoms in total. The van der Waals surface area contributed by atoms with Gasteiger partial charge in [-0.15, -0.1) is 6.58 Å². The zero-order chi connectivity index (χ0) is 13.3. The highest BCUT2D eigenvalue weighted by Gasteiger charge is 2.40. The normalized spacial score (nSPS) is 23.5. The third-order valence-electron chi connectivity index (χ3n) is 4.60. The highest BCUT2D eigenvalue weighted by Crippen LogP contribution is 2.51. The maximum absolute atomic E-state index is 3.97. The van der Waals surface area contributed by atoms with Crippen LogP contribution in [-0.2, 0) is 0 Å². The Hall–Kier alpha value is -1.82. The van der Waals surface area contributed by atoms with Gasteiger partial charge >= 0.3 is 0 Å². The molecule has 0 saturated heterocycles. The first-order valence-electron chi connectivity index (χ1n) is 6.99. The van der Waals surface area contributed by atoms with Crippen LogP contribution in [0.4, 0.5) is 0 Å². The molecule has 1 aromatic carbocycles. The molecule has 0 fully saturated rings. The van der Waals surface area contributed by atoms with E-state index in [2.05, 4.69) is 80.3 Å². The van der Waals surface area contributed by atoms with Crippen molar-refractivity contribution in [2.45, 2.75) is 19.3 Å². The Morgan fingerprint density at radius 3 is 2.63 bits per heavy atom. The molecule has 0 saturated carbocycles. The van der Waals surface area contributed by atoms with Crippen molar-refractivity contribution in [3.05, 3.63) is 78.4 Å². The summed E-state index contributed by atoms with van der Waals surface area (Å²) in [6.07, 6.45) is 16.7. The molecule has 0 heteroatoms. The Morgan fingerprint density at radius 1 is 1.16 bits per heavy atom. The number of rotatable bonds is 4. The van der Waals surface area contributed by atoms with Gasteiger partial charge in [0.15, 0.2) is 0 Å². The zero-order valence-electron chi connectivity index (χ0n) is 11.4. The second-order valence-corrected chi connectivity index (χ2v) is 5.76. The van der Waals surface area contributed by atoms with Gasteiger partial charge in [0, 0.05) is 11.8 Å². The van der Waals surface area contributed by atoms with Gasteiger partial charge in [-0.05, 0) is 23.0 Å². The molecule has 1 aromatic rings. The Labute approximate surface area is 115 Å². The van der Waals surface area contributed by atoms with Crippen molar-refractivity contribution in [2.24, 2.45) is 11.3 Å². The molecule has 2 aliphatic rings. The van der Waals surface area contributed by atoms with Gasteiger partial charge in [0.2, 0.25) is 0 Å². The predicted octanol–water partition coefficient (Wildman–Crippen LogP) is 5.12. The quantitative estimate of drug-likeness (QED) is 0.649. The first-order chi connectivity index (χ1) is 9.25. The van der Waals surface area contributed by atoms with Crippen LogP contribution in [-0.4, -0.2) is 0 Å². The Bertz CT molecular complexity index is 561. The van der Waals surface area contributed by atoms with E-state index in [4.69, 9.17) is 0 Å². The number of allylic oxidation sites excluding steroid dienone is 6. The van der Waals surface area contributed by atoms with E-state index < -0.39 is 0 Å². The highest BCUT2D eigenvalue weighted by molar-refractivity contribution is 5.63. The molecule has 0 heterocycles. The lowest BCUT2D eigenvalue weighted by Gasteiger charge is -2.39. The minimum absolute atomic E-state index is 0.175. The molecule has 0 N–H and O–H groups in total. The summed E-state index contributed by atoms with van der Waals surface area (Å²) in [6, 6.07) is 8.74. The number of hydrogen-bond donors (Lipinski definition) is 0. The molecule has 2 atom stereocenters. The van der Waals surface area contributed by atoms with Crippen molar-refractivity contribution in [2.75, 3.05) is 0 Å². The highest BCUT2D eigenvalue weighted by atomic mass is 14.4. The van der Waals surface area contributed by atoms with Crippen LogP contribution >= 0.6 is 0 Å². The van der Waals surface area contributed by atoms with Gasteiger partial charge in [-0.1, -0.05) is 73.7 Å². The summed E-state index contributed by atoms with van der Waals surface area (Å²) in [5, 5.41) is 0. The Balaban J connectivity index is 2.02. The molecule has 2 unspecified atom stereocenters. The minimum Gasteiger partial charge on any atom is -0.103 e. The fourth-order valence-electron chi connectivity index (χ4n) is 3.48. The lowest BCUT2D eigenvalue weighted by Crippen LogP contribution is -2.30. The van der Waals surface area contributed by atoms with Gasteiger partial charge in [-0.25, -0.2) is 0 Å². The second kappa shape index (κ2) is 4.70. The standard InChI is InChI=1S/C19H20/c1-3-14-19(2,16-9-5-6-10-16)18-13-12-15-8-4-7-11-17(15)18/h3-13,16,18H,1,14H2,2H3. The van der Waals surface area contributed by atoms with Gasteiger partial charge in [0.25, 0.3) is 0 Å². The zero-order valence-corrected chi connectivity index (χ0v) is 11.4. The van der Waals surface area contributed by atoms with Gasteiger partial charge in [-0.2, -0.15) is 0 Å². The lowest BCUT2D eigenvalue weighted by atomic mass is 9.64. The van der Waals surface area contributed by atoms with E-state index in [9.17, 15) is 0 Å². The lowest BCUT2D eigenvalue weighted by molar-refractivity contribution is 0.241. The van der Waals surface area contributed by atoms with Crippen LogP contribution in [0.3, 0.4) is 0 Å². The molecule has 96 valence electrons. The average Bonchev–Trinajstić information content (AvgIpc) is 3.09. The van der Waals surface area contributed by atoms with Crippen molar-refractivity contribution < 1.29 is 0 Å². The molecule has 0 spiro atoms. The van der Waals surface area contributed by atoms with Crippen molar-refractivity contribution in [3.8, 4) is 0 Å². The third-order valence-corrected chi connectivity index (χ3v) is 4.60. The Kier molecular flexibility index (Phi) is 3.02. The van der Waals surface area contributed by atoms with E-state index in [0.29, 0.717) is 11.8 Å². The predicted molar refractivity (Wildman–Crippen MR) is 82.9 cm³/mol. The molecule has 0 amide bonds. The van der Waals surface area contributed by atoms with Crippen LogP contribution in [0.25, 0.3) is 6.08 Å². The molecule has 0 aliphatic heterocycles. The molecule has 0 aromatic heterocycles. The molecule has 0 bridgehead atoms. The maximum Gasteiger partial charge on any atom is 0.00926 e. The molecular weight excluding hydrogens is 228 g/mol. The number of fused-ring (bicyclic) bond motifs is 1. The SMILES string of the molecule is C=CCC(C)(C1C=CC=C1)C1C=Cc2ccccc21. The third kappa shape index (κ3) is 1.92. The van der Waals surface area contributed by atoms with E-state index in [0.717, 1.165) is 6.42 Å². The largest absolute Gasteiger partial charge is 0.103 e. The van der Waals surface area contributed by atoms with Crippen LogP contribution in [0, 0.1) is 11.3 Å². The molecule has 0 radical (unpaired) electrons.